The summed E-state index contributed by atoms with van der Waals surface area (Å²) in [4.78, 5) is 0. The first-order valence-corrected chi connectivity index (χ1v) is 11.2. The van der Waals surface area contributed by atoms with Crippen LogP contribution in [-0.2, 0) is 16.9 Å². The molecule has 0 unspecified atom stereocenters. The maximum atomic E-state index is 11.0. The lowest BCUT2D eigenvalue weighted by atomic mass is 9.86. The average Bonchev–Trinajstić information content (AvgIpc) is 2.87. The van der Waals surface area contributed by atoms with E-state index in [0.29, 0.717) is 38.2 Å². The molecule has 4 heteroatoms. The number of hydrogen-bond acceptors (Lipinski definition) is 4. The summed E-state index contributed by atoms with van der Waals surface area (Å²) in [6.07, 6.45) is 1.21. The smallest absolute Gasteiger partial charge is 0.120 e. The number of aliphatic hydroxyl groups is 1. The van der Waals surface area contributed by atoms with Gasteiger partial charge >= 0.3 is 0 Å². The number of nitriles is 1. The van der Waals surface area contributed by atoms with E-state index in [1.807, 2.05) is 66.7 Å². The highest BCUT2D eigenvalue weighted by Crippen LogP contribution is 2.34. The number of hydrogen-bond donors (Lipinski definition) is 1. The molecule has 0 bridgehead atoms. The lowest BCUT2D eigenvalue weighted by Gasteiger charge is -2.32. The highest BCUT2D eigenvalue weighted by Gasteiger charge is 2.31. The summed E-state index contributed by atoms with van der Waals surface area (Å²) in [6.45, 7) is 1.54. The lowest BCUT2D eigenvalue weighted by Crippen LogP contribution is -2.33. The first-order chi connectivity index (χ1) is 16.1. The van der Waals surface area contributed by atoms with Crippen LogP contribution in [0.4, 0.5) is 0 Å². The van der Waals surface area contributed by atoms with Crippen LogP contribution < -0.4 is 4.74 Å². The third-order valence-electron chi connectivity index (χ3n) is 6.33. The summed E-state index contributed by atoms with van der Waals surface area (Å²) >= 11 is 0. The normalized spacial score (nSPS) is 15.2. The molecule has 0 aliphatic carbocycles. The Morgan fingerprint density at radius 1 is 0.909 bits per heavy atom. The van der Waals surface area contributed by atoms with E-state index >= 15 is 0 Å². The summed E-state index contributed by atoms with van der Waals surface area (Å²) in [5.41, 5.74) is 3.82. The Morgan fingerprint density at radius 2 is 1.73 bits per heavy atom. The average molecular weight is 436 g/mol. The minimum absolute atomic E-state index is 0.398. The van der Waals surface area contributed by atoms with Gasteiger partial charge in [-0.3, -0.25) is 0 Å². The topological polar surface area (TPSA) is 62.5 Å². The van der Waals surface area contributed by atoms with Crippen LogP contribution in [0, 0.1) is 11.3 Å². The Labute approximate surface area is 193 Å². The van der Waals surface area contributed by atoms with E-state index in [0.717, 1.165) is 38.8 Å². The van der Waals surface area contributed by atoms with Gasteiger partial charge < -0.3 is 14.6 Å². The fourth-order valence-corrected chi connectivity index (χ4v) is 4.47. The Kier molecular flexibility index (Phi) is 5.83. The van der Waals surface area contributed by atoms with Crippen LogP contribution in [0.5, 0.6) is 5.75 Å². The van der Waals surface area contributed by atoms with Crippen molar-refractivity contribution < 1.29 is 14.6 Å². The van der Waals surface area contributed by atoms with Crippen LogP contribution in [-0.4, -0.2) is 18.3 Å². The minimum Gasteiger partial charge on any atom is -0.489 e. The molecule has 4 aromatic carbocycles. The monoisotopic (exact) mass is 435 g/mol. The molecule has 33 heavy (non-hydrogen) atoms. The van der Waals surface area contributed by atoms with Crippen molar-refractivity contribution in [3.05, 3.63) is 102 Å². The standard InChI is InChI=1S/C29H25NO3/c30-19-22-15-24-18-26(9-10-27(24)28(17-22)23-6-2-1-3-7-23)33-20-21-5-4-8-25(16-21)29(31)11-13-32-14-12-29/h1-10,15-18,31H,11-14,20H2. The highest BCUT2D eigenvalue weighted by atomic mass is 16.5. The lowest BCUT2D eigenvalue weighted by molar-refractivity contribution is -0.0679. The second-order valence-electron chi connectivity index (χ2n) is 8.52. The quantitative estimate of drug-likeness (QED) is 0.420. The zero-order chi connectivity index (χ0) is 22.7. The van der Waals surface area contributed by atoms with Crippen molar-refractivity contribution in [3.8, 4) is 22.9 Å². The molecule has 0 aromatic heterocycles. The summed E-state index contributed by atoms with van der Waals surface area (Å²) in [7, 11) is 0. The molecular weight excluding hydrogens is 410 g/mol. The molecule has 4 aromatic rings. The maximum absolute atomic E-state index is 11.0. The molecule has 4 nitrogen and oxygen atoms in total. The second kappa shape index (κ2) is 9.07. The third-order valence-corrected chi connectivity index (χ3v) is 6.33. The van der Waals surface area contributed by atoms with Crippen molar-refractivity contribution >= 4 is 10.8 Å². The Bertz CT molecular complexity index is 1320. The van der Waals surface area contributed by atoms with Gasteiger partial charge in [0, 0.05) is 26.1 Å². The van der Waals surface area contributed by atoms with Crippen molar-refractivity contribution in [1.29, 1.82) is 5.26 Å². The van der Waals surface area contributed by atoms with Crippen molar-refractivity contribution in [2.45, 2.75) is 25.0 Å². The van der Waals surface area contributed by atoms with Gasteiger partial charge in [0.15, 0.2) is 0 Å². The van der Waals surface area contributed by atoms with E-state index < -0.39 is 5.60 Å². The number of benzene rings is 4. The molecule has 1 aliphatic heterocycles. The van der Waals surface area contributed by atoms with E-state index in [2.05, 4.69) is 24.3 Å². The first-order valence-electron chi connectivity index (χ1n) is 11.2. The molecule has 5 rings (SSSR count). The predicted molar refractivity (Wildman–Crippen MR) is 129 cm³/mol. The molecule has 0 saturated carbocycles. The summed E-state index contributed by atoms with van der Waals surface area (Å²) in [5, 5.41) is 22.6. The maximum Gasteiger partial charge on any atom is 0.120 e. The van der Waals surface area contributed by atoms with Crippen LogP contribution in [0.15, 0.2) is 84.9 Å². The SMILES string of the molecule is N#Cc1cc(-c2ccccc2)c2ccc(OCc3cccc(C4(O)CCOCC4)c3)cc2c1. The van der Waals surface area contributed by atoms with Gasteiger partial charge in [0.2, 0.25) is 0 Å². The zero-order valence-electron chi connectivity index (χ0n) is 18.3. The second-order valence-corrected chi connectivity index (χ2v) is 8.52. The van der Waals surface area contributed by atoms with Gasteiger partial charge in [-0.25, -0.2) is 0 Å². The van der Waals surface area contributed by atoms with Crippen LogP contribution in [0.3, 0.4) is 0 Å². The number of fused-ring (bicyclic) bond motifs is 1. The molecule has 0 atom stereocenters. The van der Waals surface area contributed by atoms with E-state index in [4.69, 9.17) is 9.47 Å². The fraction of sp³-hybridized carbons (Fsp3) is 0.207. The van der Waals surface area contributed by atoms with Crippen LogP contribution in [0.2, 0.25) is 0 Å². The molecule has 164 valence electrons. The van der Waals surface area contributed by atoms with Gasteiger partial charge in [-0.2, -0.15) is 5.26 Å². The van der Waals surface area contributed by atoms with E-state index in [9.17, 15) is 10.4 Å². The molecule has 1 aliphatic rings. The van der Waals surface area contributed by atoms with E-state index in [-0.39, 0.29) is 0 Å². The van der Waals surface area contributed by atoms with E-state index in [1.165, 1.54) is 0 Å². The molecular formula is C29H25NO3. The molecule has 0 spiro atoms. The molecule has 1 saturated heterocycles. The molecule has 0 amide bonds. The summed E-state index contributed by atoms with van der Waals surface area (Å²) in [5.74, 6) is 0.742. The highest BCUT2D eigenvalue weighted by molar-refractivity contribution is 5.98. The van der Waals surface area contributed by atoms with Crippen molar-refractivity contribution in [1.82, 2.24) is 0 Å². The summed E-state index contributed by atoms with van der Waals surface area (Å²) < 4.78 is 11.5. The van der Waals surface area contributed by atoms with Gasteiger partial charge in [0.25, 0.3) is 0 Å². The predicted octanol–water partition coefficient (Wildman–Crippen LogP) is 5.96. The van der Waals surface area contributed by atoms with Crippen LogP contribution >= 0.6 is 0 Å². The Morgan fingerprint density at radius 3 is 2.52 bits per heavy atom. The summed E-state index contributed by atoms with van der Waals surface area (Å²) in [6, 6.07) is 30.2. The fourth-order valence-electron chi connectivity index (χ4n) is 4.47. The van der Waals surface area contributed by atoms with Gasteiger partial charge in [-0.1, -0.05) is 54.6 Å². The van der Waals surface area contributed by atoms with Gasteiger partial charge in [0.05, 0.1) is 17.2 Å². The van der Waals surface area contributed by atoms with Crippen LogP contribution in [0.25, 0.3) is 21.9 Å². The molecule has 1 fully saturated rings. The molecule has 1 N–H and O–H groups in total. The zero-order valence-corrected chi connectivity index (χ0v) is 18.3. The Hall–Kier alpha value is -3.65. The molecule has 0 radical (unpaired) electrons. The van der Waals surface area contributed by atoms with Crippen LogP contribution in [0.1, 0.15) is 29.5 Å². The van der Waals surface area contributed by atoms with Crippen molar-refractivity contribution in [3.63, 3.8) is 0 Å². The van der Waals surface area contributed by atoms with Gasteiger partial charge in [0.1, 0.15) is 12.4 Å². The van der Waals surface area contributed by atoms with Gasteiger partial charge in [-0.15, -0.1) is 0 Å². The van der Waals surface area contributed by atoms with Crippen molar-refractivity contribution in [2.75, 3.05) is 13.2 Å². The Balaban J connectivity index is 1.40. The number of ether oxygens (including phenoxy) is 2. The largest absolute Gasteiger partial charge is 0.489 e. The van der Waals surface area contributed by atoms with E-state index in [1.54, 1.807) is 0 Å². The number of rotatable bonds is 5. The number of nitrogens with zero attached hydrogens (tertiary/aromatic N) is 1. The minimum atomic E-state index is -0.835. The van der Waals surface area contributed by atoms with Gasteiger partial charge in [-0.05, 0) is 63.4 Å². The van der Waals surface area contributed by atoms with Crippen molar-refractivity contribution in [2.24, 2.45) is 0 Å². The third kappa shape index (κ3) is 4.47. The molecule has 1 heterocycles. The first kappa shape index (κ1) is 21.2.